The Morgan fingerprint density at radius 2 is 1.40 bits per heavy atom. The van der Waals surface area contributed by atoms with E-state index < -0.39 is 0 Å². The number of fused-ring (bicyclic) bond motifs is 1. The molecule has 4 heteroatoms. The highest BCUT2D eigenvalue weighted by Crippen LogP contribution is 2.48. The van der Waals surface area contributed by atoms with E-state index in [4.69, 9.17) is 23.2 Å². The van der Waals surface area contributed by atoms with Crippen LogP contribution in [-0.2, 0) is 0 Å². The third-order valence-electron chi connectivity index (χ3n) is 3.33. The number of rotatable bonds is 0. The number of hydrogen-bond donors (Lipinski definition) is 2. The van der Waals surface area contributed by atoms with Gasteiger partial charge in [-0.15, -0.1) is 0 Å². The summed E-state index contributed by atoms with van der Waals surface area (Å²) in [4.78, 5) is 0. The van der Waals surface area contributed by atoms with Crippen LogP contribution >= 0.6 is 23.2 Å². The third-order valence-corrected chi connectivity index (χ3v) is 4.05. The van der Waals surface area contributed by atoms with Crippen LogP contribution in [0.5, 0.6) is 0 Å². The van der Waals surface area contributed by atoms with E-state index in [-0.39, 0.29) is 0 Å². The van der Waals surface area contributed by atoms with Crippen molar-refractivity contribution in [2.24, 2.45) is 5.41 Å². The van der Waals surface area contributed by atoms with Gasteiger partial charge in [-0.25, -0.2) is 0 Å². The van der Waals surface area contributed by atoms with Gasteiger partial charge in [-0.1, -0.05) is 23.2 Å². The van der Waals surface area contributed by atoms with Crippen LogP contribution in [0.25, 0.3) is 0 Å². The molecule has 15 heavy (non-hydrogen) atoms. The van der Waals surface area contributed by atoms with Crippen LogP contribution in [0.15, 0.2) is 12.1 Å². The first-order valence-electron chi connectivity index (χ1n) is 5.15. The molecule has 0 atom stereocenters. The smallest absolute Gasteiger partial charge is 0.0614 e. The lowest BCUT2D eigenvalue weighted by Gasteiger charge is -2.10. The SMILES string of the molecule is Clc1cc2c(cc1Cl)NCC1(CC1)CN2. The van der Waals surface area contributed by atoms with Gasteiger partial charge >= 0.3 is 0 Å². The van der Waals surface area contributed by atoms with Gasteiger partial charge in [0.05, 0.1) is 21.4 Å². The highest BCUT2D eigenvalue weighted by Gasteiger charge is 2.43. The molecule has 1 aliphatic carbocycles. The molecule has 3 rings (SSSR count). The summed E-state index contributed by atoms with van der Waals surface area (Å²) in [6.45, 7) is 2.07. The van der Waals surface area contributed by atoms with E-state index in [0.29, 0.717) is 15.5 Å². The molecule has 2 N–H and O–H groups in total. The molecule has 0 saturated heterocycles. The fraction of sp³-hybridized carbons (Fsp3) is 0.455. The maximum Gasteiger partial charge on any atom is 0.0614 e. The summed E-state index contributed by atoms with van der Waals surface area (Å²) in [6.07, 6.45) is 2.62. The number of anilines is 2. The van der Waals surface area contributed by atoms with Crippen molar-refractivity contribution in [1.29, 1.82) is 0 Å². The maximum atomic E-state index is 5.99. The number of halogens is 2. The lowest BCUT2D eigenvalue weighted by atomic mass is 10.1. The van der Waals surface area contributed by atoms with Crippen molar-refractivity contribution in [2.75, 3.05) is 23.7 Å². The number of hydrogen-bond acceptors (Lipinski definition) is 2. The average Bonchev–Trinajstić information content (AvgIpc) is 2.99. The molecule has 2 aliphatic rings. The molecule has 1 aliphatic heterocycles. The second-order valence-corrected chi connectivity index (χ2v) is 5.33. The molecular weight excluding hydrogens is 231 g/mol. The summed E-state index contributed by atoms with van der Waals surface area (Å²) >= 11 is 12.0. The minimum Gasteiger partial charge on any atom is -0.383 e. The predicted molar refractivity (Wildman–Crippen MR) is 65.1 cm³/mol. The van der Waals surface area contributed by atoms with Crippen molar-refractivity contribution >= 4 is 34.6 Å². The predicted octanol–water partition coefficient (Wildman–Crippen LogP) is 3.61. The van der Waals surface area contributed by atoms with Gasteiger partial charge < -0.3 is 10.6 Å². The summed E-state index contributed by atoms with van der Waals surface area (Å²) in [7, 11) is 0. The Hall–Kier alpha value is -0.600. The topological polar surface area (TPSA) is 24.1 Å². The molecule has 1 saturated carbocycles. The Balaban J connectivity index is 1.96. The molecule has 0 bridgehead atoms. The van der Waals surface area contributed by atoms with Crippen molar-refractivity contribution in [3.8, 4) is 0 Å². The zero-order valence-electron chi connectivity index (χ0n) is 8.24. The zero-order valence-corrected chi connectivity index (χ0v) is 9.75. The molecule has 80 valence electrons. The number of nitrogens with one attached hydrogen (secondary N) is 2. The minimum absolute atomic E-state index is 0.470. The van der Waals surface area contributed by atoms with Crippen molar-refractivity contribution in [1.82, 2.24) is 0 Å². The molecular formula is C11H12Cl2N2. The van der Waals surface area contributed by atoms with Crippen LogP contribution in [0.1, 0.15) is 12.8 Å². The first-order chi connectivity index (χ1) is 7.19. The van der Waals surface area contributed by atoms with Crippen molar-refractivity contribution in [3.63, 3.8) is 0 Å². The lowest BCUT2D eigenvalue weighted by molar-refractivity contribution is 0.582. The van der Waals surface area contributed by atoms with E-state index in [1.807, 2.05) is 12.1 Å². The van der Waals surface area contributed by atoms with E-state index in [1.54, 1.807) is 0 Å². The van der Waals surface area contributed by atoms with Gasteiger partial charge in [-0.05, 0) is 25.0 Å². The molecule has 0 amide bonds. The molecule has 1 aromatic carbocycles. The molecule has 2 nitrogen and oxygen atoms in total. The van der Waals surface area contributed by atoms with E-state index in [0.717, 1.165) is 24.5 Å². The first-order valence-corrected chi connectivity index (χ1v) is 5.91. The lowest BCUT2D eigenvalue weighted by Crippen LogP contribution is -2.19. The summed E-state index contributed by atoms with van der Waals surface area (Å²) in [5.74, 6) is 0. The van der Waals surface area contributed by atoms with Gasteiger partial charge in [-0.3, -0.25) is 0 Å². The monoisotopic (exact) mass is 242 g/mol. The van der Waals surface area contributed by atoms with E-state index in [1.165, 1.54) is 12.8 Å². The quantitative estimate of drug-likeness (QED) is 0.727. The highest BCUT2D eigenvalue weighted by molar-refractivity contribution is 6.42. The first kappa shape index (κ1) is 9.61. The minimum atomic E-state index is 0.470. The molecule has 1 spiro atoms. The van der Waals surface area contributed by atoms with Crippen LogP contribution in [0, 0.1) is 5.41 Å². The Bertz CT molecular complexity index is 378. The molecule has 0 unspecified atom stereocenters. The third kappa shape index (κ3) is 1.66. The Morgan fingerprint density at radius 3 is 1.80 bits per heavy atom. The van der Waals surface area contributed by atoms with Crippen LogP contribution in [0.3, 0.4) is 0 Å². The normalized spacial score (nSPS) is 21.2. The summed E-state index contributed by atoms with van der Waals surface area (Å²) in [6, 6.07) is 3.79. The number of benzene rings is 1. The molecule has 1 heterocycles. The summed E-state index contributed by atoms with van der Waals surface area (Å²) < 4.78 is 0. The summed E-state index contributed by atoms with van der Waals surface area (Å²) in [5, 5.41) is 8.10. The van der Waals surface area contributed by atoms with Crippen LogP contribution in [0.2, 0.25) is 10.0 Å². The molecule has 1 fully saturated rings. The highest BCUT2D eigenvalue weighted by atomic mass is 35.5. The molecule has 0 radical (unpaired) electrons. The van der Waals surface area contributed by atoms with Gasteiger partial charge in [0, 0.05) is 18.5 Å². The van der Waals surface area contributed by atoms with Crippen molar-refractivity contribution < 1.29 is 0 Å². The van der Waals surface area contributed by atoms with Gasteiger partial charge in [0.15, 0.2) is 0 Å². The van der Waals surface area contributed by atoms with Gasteiger partial charge in [0.1, 0.15) is 0 Å². The fourth-order valence-corrected chi connectivity index (χ4v) is 2.32. The maximum absolute atomic E-state index is 5.99. The van der Waals surface area contributed by atoms with Crippen LogP contribution < -0.4 is 10.6 Å². The van der Waals surface area contributed by atoms with Gasteiger partial charge in [-0.2, -0.15) is 0 Å². The van der Waals surface area contributed by atoms with Crippen molar-refractivity contribution in [2.45, 2.75) is 12.8 Å². The summed E-state index contributed by atoms with van der Waals surface area (Å²) in [5.41, 5.74) is 2.60. The van der Waals surface area contributed by atoms with Crippen LogP contribution in [0.4, 0.5) is 11.4 Å². The van der Waals surface area contributed by atoms with E-state index >= 15 is 0 Å². The average molecular weight is 243 g/mol. The Labute approximate surface area is 99.0 Å². The van der Waals surface area contributed by atoms with E-state index in [2.05, 4.69) is 10.6 Å². The molecule has 0 aromatic heterocycles. The Morgan fingerprint density at radius 1 is 0.933 bits per heavy atom. The molecule has 1 aromatic rings. The fourth-order valence-electron chi connectivity index (χ4n) is 2.00. The largest absolute Gasteiger partial charge is 0.383 e. The van der Waals surface area contributed by atoms with Crippen molar-refractivity contribution in [3.05, 3.63) is 22.2 Å². The second kappa shape index (κ2) is 3.19. The Kier molecular flexibility index (Phi) is 2.05. The van der Waals surface area contributed by atoms with Crippen LogP contribution in [-0.4, -0.2) is 13.1 Å². The van der Waals surface area contributed by atoms with E-state index in [9.17, 15) is 0 Å². The second-order valence-electron chi connectivity index (χ2n) is 4.52. The van der Waals surface area contributed by atoms with Gasteiger partial charge in [0.25, 0.3) is 0 Å². The zero-order chi connectivity index (χ0) is 10.5. The van der Waals surface area contributed by atoms with Gasteiger partial charge in [0.2, 0.25) is 0 Å². The standard InChI is InChI=1S/C11H12Cl2N2/c12-7-3-9-10(4-8(7)13)15-6-11(1-2-11)5-14-9/h3-4,14-15H,1-2,5-6H2.